The van der Waals surface area contributed by atoms with Crippen molar-refractivity contribution in [3.8, 4) is 0 Å². The van der Waals surface area contributed by atoms with E-state index in [-0.39, 0.29) is 25.0 Å². The zero-order valence-electron chi connectivity index (χ0n) is 21.2. The molecule has 36 heavy (non-hydrogen) atoms. The maximum Gasteiger partial charge on any atom is 0.411 e. The Hall–Kier alpha value is -3.30. The third kappa shape index (κ3) is 8.42. The summed E-state index contributed by atoms with van der Waals surface area (Å²) in [5.41, 5.74) is 0.265. The quantitative estimate of drug-likeness (QED) is 0.280. The van der Waals surface area contributed by atoms with Gasteiger partial charge >= 0.3 is 18.2 Å². The average molecular weight is 504 g/mol. The minimum atomic E-state index is -0.657. The van der Waals surface area contributed by atoms with E-state index in [1.165, 1.54) is 4.90 Å². The zero-order valence-corrected chi connectivity index (χ0v) is 21.2. The van der Waals surface area contributed by atoms with Crippen LogP contribution in [0.4, 0.5) is 9.59 Å². The zero-order chi connectivity index (χ0) is 26.0. The lowest BCUT2D eigenvalue weighted by Crippen LogP contribution is -2.49. The van der Waals surface area contributed by atoms with Gasteiger partial charge in [-0.15, -0.1) is 0 Å². The van der Waals surface area contributed by atoms with Gasteiger partial charge in [0.2, 0.25) is 5.91 Å². The van der Waals surface area contributed by atoms with E-state index in [0.717, 1.165) is 5.56 Å². The molecule has 1 aromatic rings. The fraction of sp³-hybridized carbons (Fsp3) is 0.615. The van der Waals surface area contributed by atoms with Crippen LogP contribution in [0.3, 0.4) is 0 Å². The molecular formula is C26H37N3O7. The van der Waals surface area contributed by atoms with Crippen LogP contribution in [0.25, 0.3) is 0 Å². The highest BCUT2D eigenvalue weighted by atomic mass is 16.6. The Labute approximate surface area is 212 Å². The summed E-state index contributed by atoms with van der Waals surface area (Å²) in [6, 6.07) is 9.45. The molecule has 3 amide bonds. The van der Waals surface area contributed by atoms with E-state index < -0.39 is 23.8 Å². The first kappa shape index (κ1) is 27.3. The predicted octanol–water partition coefficient (Wildman–Crippen LogP) is 3.10. The second kappa shape index (κ2) is 13.1. The van der Waals surface area contributed by atoms with Crippen molar-refractivity contribution in [2.45, 2.75) is 58.2 Å². The number of unbranched alkanes of at least 4 members (excludes halogenated alkanes) is 1. The Balaban J connectivity index is 1.28. The van der Waals surface area contributed by atoms with Crippen molar-refractivity contribution in [1.29, 1.82) is 0 Å². The van der Waals surface area contributed by atoms with Crippen LogP contribution in [0.5, 0.6) is 0 Å². The van der Waals surface area contributed by atoms with Crippen LogP contribution in [0.15, 0.2) is 30.3 Å². The lowest BCUT2D eigenvalue weighted by Gasteiger charge is -2.37. The molecule has 2 heterocycles. The Morgan fingerprint density at radius 1 is 1.08 bits per heavy atom. The van der Waals surface area contributed by atoms with Gasteiger partial charge in [0.15, 0.2) is 0 Å². The van der Waals surface area contributed by atoms with E-state index in [4.69, 9.17) is 14.2 Å². The summed E-state index contributed by atoms with van der Waals surface area (Å²) in [5.74, 6) is -0.162. The van der Waals surface area contributed by atoms with Gasteiger partial charge in [-0.1, -0.05) is 44.2 Å². The first-order valence-corrected chi connectivity index (χ1v) is 12.6. The lowest BCUT2D eigenvalue weighted by molar-refractivity contribution is -0.145. The van der Waals surface area contributed by atoms with Gasteiger partial charge in [-0.3, -0.25) is 14.5 Å². The third-order valence-corrected chi connectivity index (χ3v) is 6.27. The lowest BCUT2D eigenvalue weighted by atomic mass is 9.91. The standard InChI is InChI=1S/C26H37N3O7/c1-20(2)17-34-23(31)16-29-19-26(36-25(29)33)11-14-28(15-12-26)22(30)10-6-7-13-27-24(32)35-18-21-8-4-3-5-9-21/h3-5,8-9,20H,6-7,10-19H2,1-2H3,(H,27,32). The van der Waals surface area contributed by atoms with Crippen LogP contribution in [0, 0.1) is 5.92 Å². The molecule has 0 atom stereocenters. The van der Waals surface area contributed by atoms with Crippen LogP contribution < -0.4 is 5.32 Å². The van der Waals surface area contributed by atoms with Crippen LogP contribution >= 0.6 is 0 Å². The number of likely N-dealkylation sites (tertiary alicyclic amines) is 1. The average Bonchev–Trinajstić information content (AvgIpc) is 3.16. The SMILES string of the molecule is CC(C)COC(=O)CN1CC2(CCN(C(=O)CCCCNC(=O)OCc3ccccc3)CC2)OC1=O. The normalized spacial score (nSPS) is 16.7. The molecule has 3 rings (SSSR count). The molecule has 0 aromatic heterocycles. The first-order valence-electron chi connectivity index (χ1n) is 12.6. The van der Waals surface area contributed by atoms with Crippen molar-refractivity contribution in [2.75, 3.05) is 39.3 Å². The van der Waals surface area contributed by atoms with Crippen LogP contribution in [0.1, 0.15) is 51.5 Å². The van der Waals surface area contributed by atoms with Crippen molar-refractivity contribution >= 4 is 24.1 Å². The smallest absolute Gasteiger partial charge is 0.411 e. The Morgan fingerprint density at radius 3 is 2.50 bits per heavy atom. The van der Waals surface area contributed by atoms with Gasteiger partial charge in [0, 0.05) is 38.9 Å². The number of esters is 1. The number of carbonyl (C=O) groups is 4. The fourth-order valence-electron chi connectivity index (χ4n) is 4.22. The van der Waals surface area contributed by atoms with Gasteiger partial charge in [-0.2, -0.15) is 0 Å². The molecule has 10 nitrogen and oxygen atoms in total. The van der Waals surface area contributed by atoms with Crippen molar-refractivity contribution < 1.29 is 33.4 Å². The number of nitrogens with zero attached hydrogens (tertiary/aromatic N) is 2. The maximum absolute atomic E-state index is 12.6. The second-order valence-corrected chi connectivity index (χ2v) is 9.81. The van der Waals surface area contributed by atoms with E-state index in [2.05, 4.69) is 5.32 Å². The maximum atomic E-state index is 12.6. The molecule has 0 radical (unpaired) electrons. The Morgan fingerprint density at radius 2 is 1.81 bits per heavy atom. The van der Waals surface area contributed by atoms with Crippen LogP contribution in [0.2, 0.25) is 0 Å². The molecule has 10 heteroatoms. The molecule has 1 spiro atoms. The van der Waals surface area contributed by atoms with E-state index in [9.17, 15) is 19.2 Å². The second-order valence-electron chi connectivity index (χ2n) is 9.81. The molecule has 0 aliphatic carbocycles. The van der Waals surface area contributed by atoms with E-state index in [0.29, 0.717) is 64.9 Å². The van der Waals surface area contributed by atoms with Crippen molar-refractivity contribution in [3.05, 3.63) is 35.9 Å². The van der Waals surface area contributed by atoms with Gasteiger partial charge in [-0.05, 0) is 24.3 Å². The number of hydrogen-bond acceptors (Lipinski definition) is 7. The molecule has 0 unspecified atom stereocenters. The molecule has 0 bridgehead atoms. The summed E-state index contributed by atoms with van der Waals surface area (Å²) in [4.78, 5) is 51.8. The van der Waals surface area contributed by atoms with Crippen molar-refractivity contribution in [1.82, 2.24) is 15.1 Å². The summed E-state index contributed by atoms with van der Waals surface area (Å²) in [5, 5.41) is 2.70. The van der Waals surface area contributed by atoms with Crippen LogP contribution in [-0.4, -0.2) is 78.8 Å². The van der Waals surface area contributed by atoms with Crippen molar-refractivity contribution in [3.63, 3.8) is 0 Å². The summed E-state index contributed by atoms with van der Waals surface area (Å²) in [7, 11) is 0. The molecule has 0 saturated carbocycles. The highest BCUT2D eigenvalue weighted by Gasteiger charge is 2.48. The number of nitrogens with one attached hydrogen (secondary N) is 1. The topological polar surface area (TPSA) is 114 Å². The highest BCUT2D eigenvalue weighted by Crippen LogP contribution is 2.33. The van der Waals surface area contributed by atoms with Gasteiger partial charge in [0.05, 0.1) is 13.2 Å². The molecule has 1 N–H and O–H groups in total. The summed E-state index contributed by atoms with van der Waals surface area (Å²) >= 11 is 0. The molecule has 198 valence electrons. The largest absolute Gasteiger partial charge is 0.464 e. The van der Waals surface area contributed by atoms with Crippen LogP contribution in [-0.2, 0) is 30.4 Å². The summed E-state index contributed by atoms with van der Waals surface area (Å²) in [6.07, 6.45) is 1.81. The Kier molecular flexibility index (Phi) is 9.95. The van der Waals surface area contributed by atoms with Gasteiger partial charge < -0.3 is 24.4 Å². The predicted molar refractivity (Wildman–Crippen MR) is 131 cm³/mol. The first-order chi connectivity index (χ1) is 17.3. The monoisotopic (exact) mass is 503 g/mol. The minimum Gasteiger partial charge on any atom is -0.464 e. The molecule has 2 aliphatic rings. The molecule has 2 fully saturated rings. The number of amides is 3. The molecule has 2 saturated heterocycles. The van der Waals surface area contributed by atoms with Gasteiger partial charge in [0.1, 0.15) is 18.8 Å². The third-order valence-electron chi connectivity index (χ3n) is 6.27. The number of ether oxygens (including phenoxy) is 3. The summed E-state index contributed by atoms with van der Waals surface area (Å²) < 4.78 is 16.0. The number of rotatable bonds is 11. The van der Waals surface area contributed by atoms with Gasteiger partial charge in [-0.25, -0.2) is 9.59 Å². The van der Waals surface area contributed by atoms with E-state index in [1.54, 1.807) is 4.90 Å². The van der Waals surface area contributed by atoms with Crippen molar-refractivity contribution in [2.24, 2.45) is 5.92 Å². The molecule has 1 aromatic carbocycles. The van der Waals surface area contributed by atoms with E-state index in [1.807, 2.05) is 44.2 Å². The molecule has 2 aliphatic heterocycles. The number of hydrogen-bond donors (Lipinski definition) is 1. The van der Waals surface area contributed by atoms with Gasteiger partial charge in [0.25, 0.3) is 0 Å². The number of benzene rings is 1. The summed E-state index contributed by atoms with van der Waals surface area (Å²) in [6.45, 7) is 6.08. The Bertz CT molecular complexity index is 898. The minimum absolute atomic E-state index is 0.0509. The number of alkyl carbamates (subject to hydrolysis) is 1. The highest BCUT2D eigenvalue weighted by molar-refractivity contribution is 5.80. The molecular weight excluding hydrogens is 466 g/mol. The number of piperidine rings is 1. The fourth-order valence-corrected chi connectivity index (χ4v) is 4.22. The number of carbonyl (C=O) groups excluding carboxylic acids is 4. The van der Waals surface area contributed by atoms with E-state index >= 15 is 0 Å².